The highest BCUT2D eigenvalue weighted by Crippen LogP contribution is 2.67. The maximum atomic E-state index is 16.0. The maximum Gasteiger partial charge on any atom is 0.410 e. The molecule has 2 heterocycles. The van der Waals surface area contributed by atoms with Crippen LogP contribution in [0.5, 0.6) is 0 Å². The number of hydrogen-bond donors (Lipinski definition) is 1. The van der Waals surface area contributed by atoms with E-state index in [-0.39, 0.29) is 30.0 Å². The number of anilines is 1. The number of alkyl halides is 2. The number of carbonyl (C=O) groups excluding carboxylic acids is 6. The van der Waals surface area contributed by atoms with Gasteiger partial charge in [-0.05, 0) is 84.6 Å². The van der Waals surface area contributed by atoms with Crippen LogP contribution in [0.25, 0.3) is 6.08 Å². The summed E-state index contributed by atoms with van der Waals surface area (Å²) in [5.74, 6) is -3.47. The van der Waals surface area contributed by atoms with Crippen molar-refractivity contribution < 1.29 is 60.6 Å². The lowest BCUT2D eigenvalue weighted by atomic mass is 9.98. The number of amides is 4. The van der Waals surface area contributed by atoms with Gasteiger partial charge in [0.1, 0.15) is 12.1 Å². The topological polar surface area (TPSA) is 178 Å². The monoisotopic (exact) mass is 846 g/mol. The molecule has 0 aromatic heterocycles. The van der Waals surface area contributed by atoms with Crippen LogP contribution in [0, 0.1) is 10.8 Å². The molecular formula is C41H53F2N4O11P. The lowest BCUT2D eigenvalue weighted by Gasteiger charge is -2.39. The molecule has 322 valence electrons. The van der Waals surface area contributed by atoms with Crippen LogP contribution in [0.1, 0.15) is 78.9 Å². The summed E-state index contributed by atoms with van der Waals surface area (Å²) < 4.78 is 65.1. The Morgan fingerprint density at radius 3 is 1.95 bits per heavy atom. The van der Waals surface area contributed by atoms with Gasteiger partial charge in [0.05, 0.1) is 10.8 Å². The van der Waals surface area contributed by atoms with E-state index in [1.54, 1.807) is 31.3 Å². The number of likely N-dealkylation sites (N-methyl/N-ethyl adjacent to an activating group) is 1. The summed E-state index contributed by atoms with van der Waals surface area (Å²) in [5, 5.41) is 2.66. The molecule has 3 atom stereocenters. The number of nitrogens with zero attached hydrogens (tertiary/aromatic N) is 3. The van der Waals surface area contributed by atoms with Crippen molar-refractivity contribution in [3.63, 3.8) is 0 Å². The Labute approximate surface area is 342 Å². The number of halogens is 2. The molecule has 2 aliphatic heterocycles. The van der Waals surface area contributed by atoms with E-state index < -0.39 is 79.1 Å². The van der Waals surface area contributed by atoms with E-state index in [2.05, 4.69) is 5.32 Å². The van der Waals surface area contributed by atoms with E-state index in [0.29, 0.717) is 31.5 Å². The molecule has 0 bridgehead atoms. The van der Waals surface area contributed by atoms with Gasteiger partial charge in [-0.2, -0.15) is 8.78 Å². The van der Waals surface area contributed by atoms with Crippen molar-refractivity contribution in [1.82, 2.24) is 15.1 Å². The summed E-state index contributed by atoms with van der Waals surface area (Å²) in [6.45, 7) is 8.32. The average Bonchev–Trinajstić information content (AvgIpc) is 3.59. The first-order valence-electron chi connectivity index (χ1n) is 19.1. The van der Waals surface area contributed by atoms with Gasteiger partial charge < -0.3 is 29.5 Å². The second-order valence-corrected chi connectivity index (χ2v) is 18.5. The van der Waals surface area contributed by atoms with Crippen LogP contribution < -0.4 is 10.2 Å². The van der Waals surface area contributed by atoms with E-state index in [9.17, 15) is 33.3 Å². The third-order valence-electron chi connectivity index (χ3n) is 9.79. The Morgan fingerprint density at radius 2 is 1.42 bits per heavy atom. The second kappa shape index (κ2) is 18.9. The second-order valence-electron chi connectivity index (χ2n) is 16.4. The minimum absolute atomic E-state index is 0.134. The number of benzene rings is 2. The number of carbonyl (C=O) groups is 6. The Kier molecular flexibility index (Phi) is 15.0. The molecule has 2 aliphatic rings. The lowest BCUT2D eigenvalue weighted by molar-refractivity contribution is -0.163. The van der Waals surface area contributed by atoms with Gasteiger partial charge in [-0.1, -0.05) is 42.5 Å². The highest BCUT2D eigenvalue weighted by atomic mass is 31.2. The van der Waals surface area contributed by atoms with Gasteiger partial charge in [-0.15, -0.1) is 0 Å². The van der Waals surface area contributed by atoms with Crippen molar-refractivity contribution in [3.05, 3.63) is 71.8 Å². The number of para-hydroxylation sites is 1. The molecule has 2 fully saturated rings. The third-order valence-corrected chi connectivity index (χ3v) is 11.6. The normalized spacial score (nSPS) is 19.1. The standard InChI is InChI=1S/C41H53F2N4O11P/c1-27(48)46-23-22-31-19-20-33(36(51)45(8)30-12-10-9-11-13-30)47(31)35(50)32(24-46)44-34(49)21-16-28-14-17-29(18-15-28)41(42,43)59(54,57-25-55-37(52)39(2,3)4)58-26-56-38(53)40(5,6)7/h9-18,21,31-33H,19-20,22-26H2,1-8H3,(H,44,49)/b21-16+/t31-,32+,33+/m1/s1. The van der Waals surface area contributed by atoms with Crippen LogP contribution in [-0.2, 0) is 57.5 Å². The van der Waals surface area contributed by atoms with Gasteiger partial charge in [-0.3, -0.25) is 42.4 Å². The number of esters is 2. The molecule has 0 radical (unpaired) electrons. The van der Waals surface area contributed by atoms with Crippen molar-refractivity contribution in [2.24, 2.45) is 10.8 Å². The summed E-state index contributed by atoms with van der Waals surface area (Å²) >= 11 is 0. The van der Waals surface area contributed by atoms with Crippen molar-refractivity contribution in [2.45, 2.75) is 91.5 Å². The van der Waals surface area contributed by atoms with Gasteiger partial charge >= 0.3 is 25.2 Å². The van der Waals surface area contributed by atoms with Crippen LogP contribution in [0.3, 0.4) is 0 Å². The molecule has 2 aromatic carbocycles. The molecule has 2 aromatic rings. The van der Waals surface area contributed by atoms with Crippen LogP contribution in [0.2, 0.25) is 0 Å². The van der Waals surface area contributed by atoms with Gasteiger partial charge in [0.25, 0.3) is 0 Å². The Hall–Kier alpha value is -4.99. The number of hydrogen-bond acceptors (Lipinski definition) is 11. The van der Waals surface area contributed by atoms with Crippen molar-refractivity contribution in [1.29, 1.82) is 0 Å². The van der Waals surface area contributed by atoms with Gasteiger partial charge in [-0.25, -0.2) is 0 Å². The van der Waals surface area contributed by atoms with E-state index >= 15 is 8.78 Å². The molecule has 15 nitrogen and oxygen atoms in total. The number of fused-ring (bicyclic) bond motifs is 1. The minimum Gasteiger partial charge on any atom is -0.438 e. The Bertz CT molecular complexity index is 1910. The minimum atomic E-state index is -5.55. The van der Waals surface area contributed by atoms with Crippen LogP contribution in [0.15, 0.2) is 60.7 Å². The summed E-state index contributed by atoms with van der Waals surface area (Å²) in [6, 6.07) is 10.9. The SMILES string of the molecule is CC(=O)N1CC[C@H]2CC[C@@H](C(=O)N(C)c3ccccc3)N2C(=O)[C@@H](NC(=O)/C=C/c2ccc(C(F)(F)P(=O)(OCOC(=O)C(C)(C)C)OCOC(=O)C(C)(C)C)cc2)C1. The fourth-order valence-corrected chi connectivity index (χ4v) is 7.54. The zero-order valence-corrected chi connectivity index (χ0v) is 35.5. The van der Waals surface area contributed by atoms with Gasteiger partial charge in [0, 0.05) is 50.4 Å². The number of rotatable bonds is 13. The highest BCUT2D eigenvalue weighted by molar-refractivity contribution is 7.54. The highest BCUT2D eigenvalue weighted by Gasteiger charge is 2.56. The molecule has 2 saturated heterocycles. The number of ether oxygens (including phenoxy) is 2. The summed E-state index contributed by atoms with van der Waals surface area (Å²) in [7, 11) is -3.92. The molecule has 1 N–H and O–H groups in total. The predicted molar refractivity (Wildman–Crippen MR) is 212 cm³/mol. The Balaban J connectivity index is 1.50. The summed E-state index contributed by atoms with van der Waals surface area (Å²) in [5.41, 5.74) is -6.34. The first kappa shape index (κ1) is 46.7. The van der Waals surface area contributed by atoms with Crippen LogP contribution >= 0.6 is 7.60 Å². The molecule has 59 heavy (non-hydrogen) atoms. The molecule has 0 saturated carbocycles. The zero-order valence-electron chi connectivity index (χ0n) is 34.6. The average molecular weight is 847 g/mol. The van der Waals surface area contributed by atoms with Crippen molar-refractivity contribution in [2.75, 3.05) is 38.6 Å². The van der Waals surface area contributed by atoms with Gasteiger partial charge in [0.2, 0.25) is 37.2 Å². The predicted octanol–water partition coefficient (Wildman–Crippen LogP) is 5.83. The molecule has 0 spiro atoms. The number of nitrogens with one attached hydrogen (secondary N) is 1. The zero-order chi connectivity index (χ0) is 43.9. The molecule has 0 aliphatic carbocycles. The largest absolute Gasteiger partial charge is 0.438 e. The van der Waals surface area contributed by atoms with E-state index in [1.807, 2.05) is 6.07 Å². The van der Waals surface area contributed by atoms with Crippen LogP contribution in [-0.4, -0.2) is 97.2 Å². The molecule has 4 rings (SSSR count). The fraction of sp³-hybridized carbons (Fsp3) is 0.512. The lowest BCUT2D eigenvalue weighted by Crippen LogP contribution is -2.61. The van der Waals surface area contributed by atoms with Crippen molar-refractivity contribution in [3.8, 4) is 0 Å². The molecule has 0 unspecified atom stereocenters. The maximum absolute atomic E-state index is 16.0. The molecule has 18 heteroatoms. The van der Waals surface area contributed by atoms with Crippen LogP contribution in [0.4, 0.5) is 14.5 Å². The van der Waals surface area contributed by atoms with Gasteiger partial charge in [0.15, 0.2) is 0 Å². The third kappa shape index (κ3) is 11.6. The summed E-state index contributed by atoms with van der Waals surface area (Å²) in [4.78, 5) is 82.5. The first-order valence-corrected chi connectivity index (χ1v) is 20.6. The molecular weight excluding hydrogens is 793 g/mol. The van der Waals surface area contributed by atoms with E-state index in [0.717, 1.165) is 18.2 Å². The quantitative estimate of drug-likeness (QED) is 0.111. The van der Waals surface area contributed by atoms with E-state index in [4.69, 9.17) is 18.5 Å². The smallest absolute Gasteiger partial charge is 0.410 e. The van der Waals surface area contributed by atoms with Crippen molar-refractivity contribution >= 4 is 54.9 Å². The fourth-order valence-electron chi connectivity index (χ4n) is 6.29. The molecule has 4 amide bonds. The Morgan fingerprint density at radius 1 is 0.864 bits per heavy atom. The summed E-state index contributed by atoms with van der Waals surface area (Å²) in [6.07, 6.45) is 3.77. The van der Waals surface area contributed by atoms with E-state index in [1.165, 1.54) is 81.4 Å². The first-order chi connectivity index (χ1) is 27.5.